The highest BCUT2D eigenvalue weighted by Crippen LogP contribution is 2.26. The van der Waals surface area contributed by atoms with Gasteiger partial charge in [0.25, 0.3) is 0 Å². The van der Waals surface area contributed by atoms with Gasteiger partial charge in [0.2, 0.25) is 8.32 Å². The van der Waals surface area contributed by atoms with Crippen LogP contribution < -0.4 is 0 Å². The average Bonchev–Trinajstić information content (AvgIpc) is 2.37. The number of rotatable bonds is 5. The molecule has 19 heavy (non-hydrogen) atoms. The molecule has 0 amide bonds. The molecule has 3 heteroatoms. The largest absolute Gasteiger partial charge is 0.546 e. The van der Waals surface area contributed by atoms with Crippen LogP contribution in [0, 0.1) is 0 Å². The van der Waals surface area contributed by atoms with Crippen molar-refractivity contribution >= 4 is 8.32 Å². The minimum absolute atomic E-state index is 0.140. The summed E-state index contributed by atoms with van der Waals surface area (Å²) in [5, 5.41) is 0. The molecule has 2 rings (SSSR count). The summed E-state index contributed by atoms with van der Waals surface area (Å²) in [4.78, 5) is 0. The van der Waals surface area contributed by atoms with Crippen molar-refractivity contribution in [1.29, 1.82) is 0 Å². The van der Waals surface area contributed by atoms with Crippen LogP contribution in [-0.2, 0) is 15.8 Å². The van der Waals surface area contributed by atoms with E-state index in [-0.39, 0.29) is 6.10 Å². The normalized spacial score (nSPS) is 19.9. The molecular formula is C16H24O2Si. The first-order chi connectivity index (χ1) is 9.04. The Hall–Kier alpha value is -1.06. The first kappa shape index (κ1) is 14.3. The Morgan fingerprint density at radius 3 is 2.58 bits per heavy atom. The summed E-state index contributed by atoms with van der Waals surface area (Å²) in [7, 11) is -1.54. The zero-order valence-corrected chi connectivity index (χ0v) is 13.2. The van der Waals surface area contributed by atoms with Crippen LogP contribution in [0.4, 0.5) is 0 Å². The SMILES string of the molecule is C[Si](C)(C)OC1=CCCC[C@@H]1OCc1ccccc1. The van der Waals surface area contributed by atoms with Gasteiger partial charge in [0.05, 0.1) is 6.61 Å². The Morgan fingerprint density at radius 2 is 1.89 bits per heavy atom. The standard InChI is InChI=1S/C16H24O2Si/c1-19(2,3)18-16-12-8-7-11-15(16)17-13-14-9-5-4-6-10-14/h4-6,9-10,12,15H,7-8,11,13H2,1-3H3/t15-/m0/s1. The van der Waals surface area contributed by atoms with Crippen molar-refractivity contribution in [3.63, 3.8) is 0 Å². The zero-order chi connectivity index (χ0) is 13.7. The van der Waals surface area contributed by atoms with Crippen LogP contribution in [0.15, 0.2) is 42.2 Å². The molecule has 2 nitrogen and oxygen atoms in total. The fraction of sp³-hybridized carbons (Fsp3) is 0.500. The van der Waals surface area contributed by atoms with E-state index in [1.807, 2.05) is 6.07 Å². The molecule has 1 atom stereocenters. The van der Waals surface area contributed by atoms with E-state index in [4.69, 9.17) is 9.16 Å². The smallest absolute Gasteiger partial charge is 0.241 e. The summed E-state index contributed by atoms with van der Waals surface area (Å²) in [5.74, 6) is 1.07. The number of hydrogen-bond donors (Lipinski definition) is 0. The van der Waals surface area contributed by atoms with Crippen molar-refractivity contribution in [3.05, 3.63) is 47.7 Å². The summed E-state index contributed by atoms with van der Waals surface area (Å²) < 4.78 is 12.2. The predicted octanol–water partition coefficient (Wildman–Crippen LogP) is 4.49. The first-order valence-electron chi connectivity index (χ1n) is 7.09. The number of benzene rings is 1. The van der Waals surface area contributed by atoms with Crippen LogP contribution in [0.2, 0.25) is 19.6 Å². The average molecular weight is 276 g/mol. The van der Waals surface area contributed by atoms with Crippen LogP contribution in [0.3, 0.4) is 0 Å². The third-order valence-electron chi connectivity index (χ3n) is 3.05. The topological polar surface area (TPSA) is 18.5 Å². The molecule has 0 heterocycles. The summed E-state index contributed by atoms with van der Waals surface area (Å²) in [6.45, 7) is 7.32. The third-order valence-corrected chi connectivity index (χ3v) is 3.90. The lowest BCUT2D eigenvalue weighted by Gasteiger charge is -2.30. The molecule has 0 N–H and O–H groups in total. The first-order valence-corrected chi connectivity index (χ1v) is 10.5. The van der Waals surface area contributed by atoms with Crippen molar-refractivity contribution in [2.24, 2.45) is 0 Å². The number of ether oxygens (including phenoxy) is 1. The maximum Gasteiger partial charge on any atom is 0.241 e. The quantitative estimate of drug-likeness (QED) is 0.738. The third kappa shape index (κ3) is 4.84. The minimum Gasteiger partial charge on any atom is -0.546 e. The Labute approximate surface area is 117 Å². The predicted molar refractivity (Wildman–Crippen MR) is 81.4 cm³/mol. The molecule has 1 aromatic carbocycles. The van der Waals surface area contributed by atoms with Gasteiger partial charge in [-0.3, -0.25) is 0 Å². The van der Waals surface area contributed by atoms with Crippen molar-refractivity contribution in [1.82, 2.24) is 0 Å². The highest BCUT2D eigenvalue weighted by Gasteiger charge is 2.25. The van der Waals surface area contributed by atoms with Gasteiger partial charge in [-0.15, -0.1) is 0 Å². The van der Waals surface area contributed by atoms with Gasteiger partial charge < -0.3 is 9.16 Å². The lowest BCUT2D eigenvalue weighted by molar-refractivity contribution is 0.0296. The van der Waals surface area contributed by atoms with E-state index in [0.717, 1.165) is 18.6 Å². The van der Waals surface area contributed by atoms with Gasteiger partial charge in [-0.1, -0.05) is 30.3 Å². The summed E-state index contributed by atoms with van der Waals surface area (Å²) in [5.41, 5.74) is 1.22. The fourth-order valence-electron chi connectivity index (χ4n) is 2.22. The van der Waals surface area contributed by atoms with Crippen LogP contribution in [0.25, 0.3) is 0 Å². The maximum absolute atomic E-state index is 6.15. The van der Waals surface area contributed by atoms with E-state index in [0.29, 0.717) is 6.61 Å². The van der Waals surface area contributed by atoms with E-state index >= 15 is 0 Å². The monoisotopic (exact) mass is 276 g/mol. The highest BCUT2D eigenvalue weighted by molar-refractivity contribution is 6.70. The van der Waals surface area contributed by atoms with Crippen LogP contribution in [0.1, 0.15) is 24.8 Å². The summed E-state index contributed by atoms with van der Waals surface area (Å²) in [6.07, 6.45) is 5.74. The van der Waals surface area contributed by atoms with E-state index < -0.39 is 8.32 Å². The molecule has 0 aromatic heterocycles. The van der Waals surface area contributed by atoms with Gasteiger partial charge >= 0.3 is 0 Å². The van der Waals surface area contributed by atoms with Crippen molar-refractivity contribution in [2.45, 2.75) is 51.6 Å². The lowest BCUT2D eigenvalue weighted by atomic mass is 10.0. The van der Waals surface area contributed by atoms with Gasteiger partial charge in [0.1, 0.15) is 11.9 Å². The minimum atomic E-state index is -1.54. The molecule has 0 saturated heterocycles. The van der Waals surface area contributed by atoms with Gasteiger partial charge in [0, 0.05) is 0 Å². The van der Waals surface area contributed by atoms with Crippen molar-refractivity contribution < 1.29 is 9.16 Å². The fourth-order valence-corrected chi connectivity index (χ4v) is 3.14. The number of allylic oxidation sites excluding steroid dienone is 1. The van der Waals surface area contributed by atoms with E-state index in [2.05, 4.69) is 50.0 Å². The summed E-state index contributed by atoms with van der Waals surface area (Å²) >= 11 is 0. The van der Waals surface area contributed by atoms with Crippen LogP contribution in [0.5, 0.6) is 0 Å². The van der Waals surface area contributed by atoms with Crippen LogP contribution in [-0.4, -0.2) is 14.4 Å². The van der Waals surface area contributed by atoms with Gasteiger partial charge in [-0.2, -0.15) is 0 Å². The Kier molecular flexibility index (Phi) is 4.83. The lowest BCUT2D eigenvalue weighted by Crippen LogP contribution is -2.31. The van der Waals surface area contributed by atoms with Crippen molar-refractivity contribution in [3.8, 4) is 0 Å². The van der Waals surface area contributed by atoms with Gasteiger partial charge in [-0.05, 0) is 50.5 Å². The molecule has 104 valence electrons. The second kappa shape index (κ2) is 6.39. The molecule has 1 aliphatic carbocycles. The summed E-state index contributed by atoms with van der Waals surface area (Å²) in [6, 6.07) is 10.3. The van der Waals surface area contributed by atoms with E-state index in [1.54, 1.807) is 0 Å². The maximum atomic E-state index is 6.15. The molecule has 0 aliphatic heterocycles. The van der Waals surface area contributed by atoms with Gasteiger partial charge in [-0.25, -0.2) is 0 Å². The second-order valence-corrected chi connectivity index (χ2v) is 10.5. The Bertz CT molecular complexity index is 420. The molecule has 1 aromatic rings. The highest BCUT2D eigenvalue weighted by atomic mass is 28.4. The molecular weight excluding hydrogens is 252 g/mol. The Balaban J connectivity index is 1.94. The zero-order valence-electron chi connectivity index (χ0n) is 12.2. The van der Waals surface area contributed by atoms with Gasteiger partial charge in [0.15, 0.2) is 0 Å². The van der Waals surface area contributed by atoms with E-state index in [9.17, 15) is 0 Å². The Morgan fingerprint density at radius 1 is 1.16 bits per heavy atom. The molecule has 0 spiro atoms. The van der Waals surface area contributed by atoms with E-state index in [1.165, 1.54) is 12.0 Å². The molecule has 0 saturated carbocycles. The second-order valence-electron chi connectivity index (χ2n) is 6.04. The van der Waals surface area contributed by atoms with Crippen molar-refractivity contribution in [2.75, 3.05) is 0 Å². The number of hydrogen-bond acceptors (Lipinski definition) is 2. The molecule has 1 aliphatic rings. The molecule has 0 bridgehead atoms. The molecule has 0 fully saturated rings. The molecule has 0 unspecified atom stereocenters. The molecule has 0 radical (unpaired) electrons. The van der Waals surface area contributed by atoms with Crippen LogP contribution >= 0.6 is 0 Å².